The standard InChI is InChI=1S/C16H16N2O3/c1-2-11-3-5-12(6-4-11)10-17-18-16(21)14-9-13(19)7-8-15(14)20/h3-10,19-20H,2H2,1H3,(H,18,21)/b17-10+. The van der Waals surface area contributed by atoms with E-state index in [2.05, 4.69) is 17.5 Å². The quantitative estimate of drug-likeness (QED) is 0.458. The highest BCUT2D eigenvalue weighted by molar-refractivity contribution is 5.97. The van der Waals surface area contributed by atoms with Crippen LogP contribution in [0.1, 0.15) is 28.4 Å². The Bertz CT molecular complexity index is 664. The smallest absolute Gasteiger partial charge is 0.275 e. The molecule has 5 nitrogen and oxygen atoms in total. The van der Waals surface area contributed by atoms with E-state index in [4.69, 9.17) is 0 Å². The van der Waals surface area contributed by atoms with Crippen molar-refractivity contribution in [1.29, 1.82) is 0 Å². The Labute approximate surface area is 122 Å². The lowest BCUT2D eigenvalue weighted by atomic mass is 10.1. The van der Waals surface area contributed by atoms with E-state index in [-0.39, 0.29) is 17.1 Å². The van der Waals surface area contributed by atoms with Crippen LogP contribution in [0.25, 0.3) is 0 Å². The summed E-state index contributed by atoms with van der Waals surface area (Å²) in [6.45, 7) is 2.07. The van der Waals surface area contributed by atoms with E-state index in [0.29, 0.717) is 0 Å². The molecule has 2 rings (SSSR count). The van der Waals surface area contributed by atoms with Crippen LogP contribution in [-0.4, -0.2) is 22.3 Å². The molecule has 3 N–H and O–H groups in total. The number of rotatable bonds is 4. The molecule has 0 aliphatic carbocycles. The fourth-order valence-corrected chi connectivity index (χ4v) is 1.77. The van der Waals surface area contributed by atoms with Gasteiger partial charge in [-0.15, -0.1) is 0 Å². The van der Waals surface area contributed by atoms with Gasteiger partial charge in [-0.3, -0.25) is 4.79 Å². The Morgan fingerprint density at radius 2 is 1.90 bits per heavy atom. The van der Waals surface area contributed by atoms with Gasteiger partial charge in [-0.05, 0) is 35.7 Å². The Hall–Kier alpha value is -2.82. The second-order valence-electron chi connectivity index (χ2n) is 4.50. The van der Waals surface area contributed by atoms with Crippen LogP contribution in [0.5, 0.6) is 11.5 Å². The molecule has 0 atom stereocenters. The lowest BCUT2D eigenvalue weighted by Gasteiger charge is -2.03. The minimum atomic E-state index is -0.593. The molecule has 0 heterocycles. The molecule has 5 heteroatoms. The summed E-state index contributed by atoms with van der Waals surface area (Å²) in [6, 6.07) is 11.5. The molecule has 0 unspecified atom stereocenters. The zero-order valence-electron chi connectivity index (χ0n) is 11.6. The summed E-state index contributed by atoms with van der Waals surface area (Å²) in [4.78, 5) is 11.8. The van der Waals surface area contributed by atoms with Crippen molar-refractivity contribution in [2.75, 3.05) is 0 Å². The number of phenols is 2. The third kappa shape index (κ3) is 3.82. The maximum Gasteiger partial charge on any atom is 0.275 e. The molecular formula is C16H16N2O3. The molecule has 108 valence electrons. The number of hydrogen-bond acceptors (Lipinski definition) is 4. The van der Waals surface area contributed by atoms with Crippen molar-refractivity contribution in [3.05, 3.63) is 59.2 Å². The van der Waals surface area contributed by atoms with Crippen LogP contribution in [-0.2, 0) is 6.42 Å². The van der Waals surface area contributed by atoms with Crippen molar-refractivity contribution >= 4 is 12.1 Å². The SMILES string of the molecule is CCc1ccc(/C=N/NC(=O)c2cc(O)ccc2O)cc1. The highest BCUT2D eigenvalue weighted by atomic mass is 16.3. The second-order valence-corrected chi connectivity index (χ2v) is 4.50. The molecule has 2 aromatic carbocycles. The first-order valence-corrected chi connectivity index (χ1v) is 6.54. The first kappa shape index (κ1) is 14.6. The average Bonchev–Trinajstić information content (AvgIpc) is 2.50. The van der Waals surface area contributed by atoms with Gasteiger partial charge >= 0.3 is 0 Å². The normalized spacial score (nSPS) is 10.7. The Morgan fingerprint density at radius 1 is 1.19 bits per heavy atom. The topological polar surface area (TPSA) is 81.9 Å². The highest BCUT2D eigenvalue weighted by Crippen LogP contribution is 2.21. The minimum Gasteiger partial charge on any atom is -0.508 e. The molecule has 0 aliphatic heterocycles. The molecule has 0 spiro atoms. The first-order chi connectivity index (χ1) is 10.1. The number of nitrogens with zero attached hydrogens (tertiary/aromatic N) is 1. The summed E-state index contributed by atoms with van der Waals surface area (Å²) >= 11 is 0. The third-order valence-electron chi connectivity index (χ3n) is 2.99. The Morgan fingerprint density at radius 3 is 2.57 bits per heavy atom. The van der Waals surface area contributed by atoms with Gasteiger partial charge in [-0.1, -0.05) is 31.2 Å². The highest BCUT2D eigenvalue weighted by Gasteiger charge is 2.10. The van der Waals surface area contributed by atoms with E-state index >= 15 is 0 Å². The largest absolute Gasteiger partial charge is 0.508 e. The van der Waals surface area contributed by atoms with Gasteiger partial charge in [0.2, 0.25) is 0 Å². The van der Waals surface area contributed by atoms with Crippen LogP contribution in [0.3, 0.4) is 0 Å². The summed E-state index contributed by atoms with van der Waals surface area (Å²) in [7, 11) is 0. The van der Waals surface area contributed by atoms with Gasteiger partial charge in [0, 0.05) is 0 Å². The van der Waals surface area contributed by atoms with E-state index < -0.39 is 5.91 Å². The number of aromatic hydroxyl groups is 2. The molecule has 0 aliphatic rings. The van der Waals surface area contributed by atoms with Gasteiger partial charge in [0.1, 0.15) is 11.5 Å². The zero-order chi connectivity index (χ0) is 15.2. The van der Waals surface area contributed by atoms with Crippen molar-refractivity contribution in [2.45, 2.75) is 13.3 Å². The molecule has 0 radical (unpaired) electrons. The van der Waals surface area contributed by atoms with Crippen LogP contribution in [0.2, 0.25) is 0 Å². The fraction of sp³-hybridized carbons (Fsp3) is 0.125. The number of carbonyl (C=O) groups is 1. The Kier molecular flexibility index (Phi) is 4.56. The lowest BCUT2D eigenvalue weighted by molar-refractivity contribution is 0.0952. The molecule has 0 aromatic heterocycles. The average molecular weight is 284 g/mol. The molecule has 0 saturated heterocycles. The van der Waals surface area contributed by atoms with Crippen molar-refractivity contribution < 1.29 is 15.0 Å². The van der Waals surface area contributed by atoms with Crippen LogP contribution in [0.15, 0.2) is 47.6 Å². The maximum absolute atomic E-state index is 11.8. The van der Waals surface area contributed by atoms with E-state index in [0.717, 1.165) is 12.0 Å². The van der Waals surface area contributed by atoms with Crippen LogP contribution in [0, 0.1) is 0 Å². The molecule has 0 fully saturated rings. The van der Waals surface area contributed by atoms with Crippen molar-refractivity contribution in [3.63, 3.8) is 0 Å². The van der Waals surface area contributed by atoms with E-state index in [1.165, 1.54) is 30.0 Å². The summed E-state index contributed by atoms with van der Waals surface area (Å²) in [5.74, 6) is -0.908. The number of phenolic OH excluding ortho intramolecular Hbond substituents is 2. The monoisotopic (exact) mass is 284 g/mol. The number of amides is 1. The molecule has 0 saturated carbocycles. The summed E-state index contributed by atoms with van der Waals surface area (Å²) in [6.07, 6.45) is 2.47. The number of benzene rings is 2. The summed E-state index contributed by atoms with van der Waals surface area (Å²) in [5, 5.41) is 22.7. The fourth-order valence-electron chi connectivity index (χ4n) is 1.77. The third-order valence-corrected chi connectivity index (χ3v) is 2.99. The molecule has 21 heavy (non-hydrogen) atoms. The summed E-state index contributed by atoms with van der Waals surface area (Å²) in [5.41, 5.74) is 4.35. The minimum absolute atomic E-state index is 0.0338. The zero-order valence-corrected chi connectivity index (χ0v) is 11.6. The molecular weight excluding hydrogens is 268 g/mol. The van der Waals surface area contributed by atoms with Crippen LogP contribution >= 0.6 is 0 Å². The first-order valence-electron chi connectivity index (χ1n) is 6.54. The van der Waals surface area contributed by atoms with Gasteiger partial charge in [-0.25, -0.2) is 5.43 Å². The van der Waals surface area contributed by atoms with Crippen molar-refractivity contribution in [1.82, 2.24) is 5.43 Å². The predicted molar refractivity (Wildman–Crippen MR) is 80.7 cm³/mol. The van der Waals surface area contributed by atoms with E-state index in [9.17, 15) is 15.0 Å². The number of carbonyl (C=O) groups excluding carboxylic acids is 1. The Balaban J connectivity index is 2.02. The molecule has 0 bridgehead atoms. The van der Waals surface area contributed by atoms with Crippen LogP contribution in [0.4, 0.5) is 0 Å². The van der Waals surface area contributed by atoms with Crippen LogP contribution < -0.4 is 5.43 Å². The number of nitrogens with one attached hydrogen (secondary N) is 1. The molecule has 1 amide bonds. The summed E-state index contributed by atoms with van der Waals surface area (Å²) < 4.78 is 0. The number of hydrogen-bond donors (Lipinski definition) is 3. The maximum atomic E-state index is 11.8. The predicted octanol–water partition coefficient (Wildman–Crippen LogP) is 2.42. The lowest BCUT2D eigenvalue weighted by Crippen LogP contribution is -2.17. The number of aryl methyl sites for hydroxylation is 1. The van der Waals surface area contributed by atoms with Gasteiger partial charge in [-0.2, -0.15) is 5.10 Å². The van der Waals surface area contributed by atoms with Crippen molar-refractivity contribution in [3.8, 4) is 11.5 Å². The van der Waals surface area contributed by atoms with Gasteiger partial charge in [0.25, 0.3) is 5.91 Å². The second kappa shape index (κ2) is 6.56. The van der Waals surface area contributed by atoms with Gasteiger partial charge in [0.05, 0.1) is 11.8 Å². The van der Waals surface area contributed by atoms with Gasteiger partial charge in [0.15, 0.2) is 0 Å². The molecule has 2 aromatic rings. The number of hydrazone groups is 1. The van der Waals surface area contributed by atoms with E-state index in [1.807, 2.05) is 24.3 Å². The van der Waals surface area contributed by atoms with Gasteiger partial charge < -0.3 is 10.2 Å². The van der Waals surface area contributed by atoms with E-state index in [1.54, 1.807) is 0 Å². The van der Waals surface area contributed by atoms with Crippen molar-refractivity contribution in [2.24, 2.45) is 5.10 Å².